The molecule has 1 aromatic carbocycles. The van der Waals surface area contributed by atoms with Gasteiger partial charge in [0, 0.05) is 32.4 Å². The lowest BCUT2D eigenvalue weighted by molar-refractivity contribution is 0.197. The average Bonchev–Trinajstić information content (AvgIpc) is 2.20. The van der Waals surface area contributed by atoms with Gasteiger partial charge in [-0.3, -0.25) is 0 Å². The molecule has 84 valence electrons. The Labute approximate surface area is 86.1 Å². The van der Waals surface area contributed by atoms with Crippen LogP contribution in [0.3, 0.4) is 0 Å². The monoisotopic (exact) mass is 219 g/mol. The fourth-order valence-corrected chi connectivity index (χ4v) is 1.10. The topological polar surface area (TPSA) is 21.3 Å². The summed E-state index contributed by atoms with van der Waals surface area (Å²) >= 11 is 0. The van der Waals surface area contributed by atoms with Crippen molar-refractivity contribution >= 4 is 5.69 Å². The first-order valence-corrected chi connectivity index (χ1v) is 4.52. The minimum absolute atomic E-state index is 0.0370. The first kappa shape index (κ1) is 11.8. The first-order chi connectivity index (χ1) is 7.15. The minimum Gasteiger partial charge on any atom is -0.385 e. The summed E-state index contributed by atoms with van der Waals surface area (Å²) in [5.41, 5.74) is -0.0370. The molecule has 5 heteroatoms. The van der Waals surface area contributed by atoms with Gasteiger partial charge in [-0.05, 0) is 6.42 Å². The molecule has 0 heterocycles. The molecule has 0 aliphatic carbocycles. The van der Waals surface area contributed by atoms with E-state index in [0.29, 0.717) is 25.6 Å². The largest absolute Gasteiger partial charge is 0.385 e. The quantitative estimate of drug-likeness (QED) is 0.607. The Morgan fingerprint density at radius 2 is 1.80 bits per heavy atom. The van der Waals surface area contributed by atoms with Crippen LogP contribution in [0.5, 0.6) is 0 Å². The van der Waals surface area contributed by atoms with E-state index < -0.39 is 17.5 Å². The molecule has 2 nitrogen and oxygen atoms in total. The third kappa shape index (κ3) is 3.43. The summed E-state index contributed by atoms with van der Waals surface area (Å²) in [4.78, 5) is 0. The molecule has 0 unspecified atom stereocenters. The molecule has 0 aromatic heterocycles. The van der Waals surface area contributed by atoms with Crippen LogP contribution in [0.1, 0.15) is 6.42 Å². The summed E-state index contributed by atoms with van der Waals surface area (Å²) in [5, 5.41) is 2.65. The van der Waals surface area contributed by atoms with Crippen molar-refractivity contribution in [1.82, 2.24) is 0 Å². The second kappa shape index (κ2) is 5.60. The van der Waals surface area contributed by atoms with Crippen molar-refractivity contribution in [3.63, 3.8) is 0 Å². The van der Waals surface area contributed by atoms with Gasteiger partial charge in [-0.1, -0.05) is 0 Å². The van der Waals surface area contributed by atoms with Crippen molar-refractivity contribution in [1.29, 1.82) is 0 Å². The lowest BCUT2D eigenvalue weighted by Gasteiger charge is -2.07. The summed E-state index contributed by atoms with van der Waals surface area (Å²) in [7, 11) is 1.55. The van der Waals surface area contributed by atoms with E-state index >= 15 is 0 Å². The van der Waals surface area contributed by atoms with Crippen molar-refractivity contribution in [2.45, 2.75) is 6.42 Å². The van der Waals surface area contributed by atoms with Crippen LogP contribution in [0.2, 0.25) is 0 Å². The number of methoxy groups -OCH3 is 1. The molecule has 0 saturated heterocycles. The highest BCUT2D eigenvalue weighted by Gasteiger charge is 2.08. The zero-order valence-electron chi connectivity index (χ0n) is 8.32. The van der Waals surface area contributed by atoms with Gasteiger partial charge >= 0.3 is 0 Å². The highest BCUT2D eigenvalue weighted by molar-refractivity contribution is 5.45. The average molecular weight is 219 g/mol. The molecule has 0 spiro atoms. The van der Waals surface area contributed by atoms with E-state index in [2.05, 4.69) is 5.32 Å². The lowest BCUT2D eigenvalue weighted by atomic mass is 10.2. The van der Waals surface area contributed by atoms with Gasteiger partial charge in [-0.15, -0.1) is 0 Å². The highest BCUT2D eigenvalue weighted by Crippen LogP contribution is 2.18. The van der Waals surface area contributed by atoms with Crippen LogP contribution in [0.4, 0.5) is 18.9 Å². The summed E-state index contributed by atoms with van der Waals surface area (Å²) in [6.07, 6.45) is 0.662. The molecule has 0 fully saturated rings. The molecule has 15 heavy (non-hydrogen) atoms. The Kier molecular flexibility index (Phi) is 4.42. The third-order valence-corrected chi connectivity index (χ3v) is 1.85. The number of nitrogens with one attached hydrogen (secondary N) is 1. The maximum absolute atomic E-state index is 13.0. The van der Waals surface area contributed by atoms with E-state index in [-0.39, 0.29) is 5.69 Å². The van der Waals surface area contributed by atoms with Gasteiger partial charge < -0.3 is 10.1 Å². The number of hydrogen-bond donors (Lipinski definition) is 1. The number of benzene rings is 1. The van der Waals surface area contributed by atoms with Crippen LogP contribution in [0.25, 0.3) is 0 Å². The Morgan fingerprint density at radius 3 is 2.47 bits per heavy atom. The molecular weight excluding hydrogens is 207 g/mol. The van der Waals surface area contributed by atoms with Gasteiger partial charge in [-0.25, -0.2) is 13.2 Å². The second-order valence-corrected chi connectivity index (χ2v) is 3.02. The number of rotatable bonds is 5. The van der Waals surface area contributed by atoms with Crippen LogP contribution in [-0.2, 0) is 4.74 Å². The van der Waals surface area contributed by atoms with Crippen LogP contribution >= 0.6 is 0 Å². The molecule has 1 N–H and O–H groups in total. The Hall–Kier alpha value is -1.23. The normalized spacial score (nSPS) is 10.4. The van der Waals surface area contributed by atoms with Gasteiger partial charge in [0.15, 0.2) is 11.6 Å². The third-order valence-electron chi connectivity index (χ3n) is 1.85. The van der Waals surface area contributed by atoms with Gasteiger partial charge in [0.25, 0.3) is 0 Å². The molecule has 0 atom stereocenters. The molecule has 0 radical (unpaired) electrons. The van der Waals surface area contributed by atoms with Crippen LogP contribution < -0.4 is 5.32 Å². The molecule has 1 aromatic rings. The number of anilines is 1. The van der Waals surface area contributed by atoms with Crippen molar-refractivity contribution in [2.75, 3.05) is 25.6 Å². The first-order valence-electron chi connectivity index (χ1n) is 4.52. The fourth-order valence-electron chi connectivity index (χ4n) is 1.10. The number of ether oxygens (including phenoxy) is 1. The zero-order chi connectivity index (χ0) is 11.3. The van der Waals surface area contributed by atoms with E-state index in [1.807, 2.05) is 0 Å². The van der Waals surface area contributed by atoms with Gasteiger partial charge in [0.1, 0.15) is 5.82 Å². The Morgan fingerprint density at radius 1 is 1.13 bits per heavy atom. The van der Waals surface area contributed by atoms with Gasteiger partial charge in [0.2, 0.25) is 0 Å². The van der Waals surface area contributed by atoms with Crippen LogP contribution in [-0.4, -0.2) is 20.3 Å². The predicted octanol–water partition coefficient (Wildman–Crippen LogP) is 2.55. The van der Waals surface area contributed by atoms with E-state index in [0.717, 1.165) is 6.07 Å². The maximum atomic E-state index is 13.0. The smallest absolute Gasteiger partial charge is 0.161 e. The van der Waals surface area contributed by atoms with Crippen LogP contribution in [0.15, 0.2) is 12.1 Å². The molecule has 0 bridgehead atoms. The lowest BCUT2D eigenvalue weighted by Crippen LogP contribution is -2.06. The van der Waals surface area contributed by atoms with Crippen molar-refractivity contribution < 1.29 is 17.9 Å². The minimum atomic E-state index is -1.19. The highest BCUT2D eigenvalue weighted by atomic mass is 19.2. The Balaban J connectivity index is 2.57. The van der Waals surface area contributed by atoms with E-state index in [1.54, 1.807) is 7.11 Å². The molecule has 0 saturated carbocycles. The van der Waals surface area contributed by atoms with E-state index in [9.17, 15) is 13.2 Å². The SMILES string of the molecule is COCCCNc1cc(F)c(F)cc1F. The molecule has 1 rings (SSSR count). The maximum Gasteiger partial charge on any atom is 0.161 e. The zero-order valence-corrected chi connectivity index (χ0v) is 8.32. The van der Waals surface area contributed by atoms with Crippen molar-refractivity contribution in [2.24, 2.45) is 0 Å². The van der Waals surface area contributed by atoms with Gasteiger partial charge in [-0.2, -0.15) is 0 Å². The second-order valence-electron chi connectivity index (χ2n) is 3.02. The summed E-state index contributed by atoms with van der Waals surface area (Å²) < 4.78 is 43.1. The van der Waals surface area contributed by atoms with Gasteiger partial charge in [0.05, 0.1) is 5.69 Å². The Bertz CT molecular complexity index is 331. The number of hydrogen-bond acceptors (Lipinski definition) is 2. The van der Waals surface area contributed by atoms with Crippen LogP contribution in [0, 0.1) is 17.5 Å². The standard InChI is InChI=1S/C10H12F3NO/c1-15-4-2-3-14-10-6-8(12)7(11)5-9(10)13/h5-6,14H,2-4H2,1H3. The fraction of sp³-hybridized carbons (Fsp3) is 0.400. The molecular formula is C10H12F3NO. The number of halogens is 3. The van der Waals surface area contributed by atoms with E-state index in [4.69, 9.17) is 4.74 Å². The summed E-state index contributed by atoms with van der Waals surface area (Å²) in [5.74, 6) is -3.05. The summed E-state index contributed by atoms with van der Waals surface area (Å²) in [6.45, 7) is 0.966. The summed E-state index contributed by atoms with van der Waals surface area (Å²) in [6, 6.07) is 1.32. The van der Waals surface area contributed by atoms with Crippen molar-refractivity contribution in [3.8, 4) is 0 Å². The molecule has 0 amide bonds. The molecule has 0 aliphatic heterocycles. The predicted molar refractivity (Wildman–Crippen MR) is 51.3 cm³/mol. The van der Waals surface area contributed by atoms with Crippen molar-refractivity contribution in [3.05, 3.63) is 29.6 Å². The molecule has 0 aliphatic rings. The van der Waals surface area contributed by atoms with E-state index in [1.165, 1.54) is 0 Å².